The van der Waals surface area contributed by atoms with Crippen LogP contribution in [0.25, 0.3) is 0 Å². The predicted molar refractivity (Wildman–Crippen MR) is 108 cm³/mol. The van der Waals surface area contributed by atoms with Gasteiger partial charge in [0.25, 0.3) is 0 Å². The first kappa shape index (κ1) is 22.2. The lowest BCUT2D eigenvalue weighted by molar-refractivity contribution is -0.225. The highest BCUT2D eigenvalue weighted by Gasteiger charge is 2.38. The van der Waals surface area contributed by atoms with Gasteiger partial charge in [-0.1, -0.05) is 18.2 Å². The Morgan fingerprint density at radius 1 is 1.28 bits per heavy atom. The van der Waals surface area contributed by atoms with Crippen molar-refractivity contribution in [1.82, 2.24) is 10.0 Å². The fraction of sp³-hybridized carbons (Fsp3) is 0.650. The molecule has 9 heteroatoms. The summed E-state index contributed by atoms with van der Waals surface area (Å²) in [6.45, 7) is 0.973. The summed E-state index contributed by atoms with van der Waals surface area (Å²) in [5, 5.41) is 14.1. The van der Waals surface area contributed by atoms with Crippen LogP contribution in [0, 0.1) is 0 Å². The number of ether oxygens (including phenoxy) is 2. The molecule has 1 aliphatic carbocycles. The molecular formula is C20H30N2O6S. The molecule has 2 unspecified atom stereocenters. The fourth-order valence-electron chi connectivity index (χ4n) is 4.20. The predicted octanol–water partition coefficient (Wildman–Crippen LogP) is 0.907. The molecule has 162 valence electrons. The van der Waals surface area contributed by atoms with Gasteiger partial charge in [0.2, 0.25) is 10.0 Å². The SMILES string of the molecule is CS(=O)(=O)NC1CCNC1COC1(O)CCC(c2ccccc2OCC=O)CC1. The zero-order valence-corrected chi connectivity index (χ0v) is 17.5. The van der Waals surface area contributed by atoms with E-state index in [1.807, 2.05) is 24.3 Å². The number of rotatable bonds is 9. The van der Waals surface area contributed by atoms with Crippen LogP contribution < -0.4 is 14.8 Å². The molecule has 0 radical (unpaired) electrons. The zero-order chi connectivity index (χ0) is 20.9. The van der Waals surface area contributed by atoms with Gasteiger partial charge in [0, 0.05) is 24.9 Å². The van der Waals surface area contributed by atoms with Crippen LogP contribution in [0.3, 0.4) is 0 Å². The molecule has 8 nitrogen and oxygen atoms in total. The Balaban J connectivity index is 1.54. The van der Waals surface area contributed by atoms with E-state index in [4.69, 9.17) is 9.47 Å². The number of carbonyl (C=O) groups is 1. The Labute approximate surface area is 172 Å². The van der Waals surface area contributed by atoms with Crippen molar-refractivity contribution in [2.75, 3.05) is 26.0 Å². The quantitative estimate of drug-likeness (QED) is 0.397. The molecule has 2 fully saturated rings. The van der Waals surface area contributed by atoms with Crippen molar-refractivity contribution >= 4 is 16.3 Å². The smallest absolute Gasteiger partial charge is 0.209 e. The fourth-order valence-corrected chi connectivity index (χ4v) is 5.03. The summed E-state index contributed by atoms with van der Waals surface area (Å²) in [7, 11) is -3.29. The lowest BCUT2D eigenvalue weighted by Crippen LogP contribution is -2.48. The molecule has 1 aromatic rings. The molecular weight excluding hydrogens is 396 g/mol. The molecule has 1 aliphatic heterocycles. The molecule has 1 heterocycles. The van der Waals surface area contributed by atoms with Crippen molar-refractivity contribution in [2.24, 2.45) is 0 Å². The number of aliphatic hydroxyl groups is 1. The summed E-state index contributed by atoms with van der Waals surface area (Å²) in [4.78, 5) is 10.6. The summed E-state index contributed by atoms with van der Waals surface area (Å²) < 4.78 is 37.0. The second kappa shape index (κ2) is 9.53. The van der Waals surface area contributed by atoms with Crippen LogP contribution >= 0.6 is 0 Å². The molecule has 1 saturated heterocycles. The number of hydrogen-bond acceptors (Lipinski definition) is 7. The van der Waals surface area contributed by atoms with E-state index < -0.39 is 15.8 Å². The van der Waals surface area contributed by atoms with Gasteiger partial charge < -0.3 is 19.9 Å². The molecule has 3 N–H and O–H groups in total. The van der Waals surface area contributed by atoms with Gasteiger partial charge in [0.1, 0.15) is 12.4 Å². The third kappa shape index (κ3) is 6.23. The van der Waals surface area contributed by atoms with E-state index in [1.165, 1.54) is 0 Å². The highest BCUT2D eigenvalue weighted by molar-refractivity contribution is 7.88. The molecule has 0 amide bonds. The summed E-state index contributed by atoms with van der Waals surface area (Å²) in [5.74, 6) is -0.276. The van der Waals surface area contributed by atoms with Crippen LogP contribution in [-0.2, 0) is 19.6 Å². The topological polar surface area (TPSA) is 114 Å². The summed E-state index contributed by atoms with van der Waals surface area (Å²) in [5.41, 5.74) is 1.05. The maximum absolute atomic E-state index is 11.5. The minimum Gasteiger partial charge on any atom is -0.486 e. The van der Waals surface area contributed by atoms with E-state index in [0.717, 1.165) is 30.9 Å². The number of aldehydes is 1. The number of benzene rings is 1. The van der Waals surface area contributed by atoms with Gasteiger partial charge in [-0.05, 0) is 43.4 Å². The van der Waals surface area contributed by atoms with Crippen LogP contribution in [0.5, 0.6) is 5.75 Å². The number of sulfonamides is 1. The van der Waals surface area contributed by atoms with Crippen molar-refractivity contribution < 1.29 is 27.8 Å². The monoisotopic (exact) mass is 426 g/mol. The second-order valence-electron chi connectivity index (χ2n) is 7.89. The summed E-state index contributed by atoms with van der Waals surface area (Å²) >= 11 is 0. The van der Waals surface area contributed by atoms with Crippen molar-refractivity contribution in [1.29, 1.82) is 0 Å². The molecule has 3 rings (SSSR count). The zero-order valence-electron chi connectivity index (χ0n) is 16.7. The minimum atomic E-state index is -3.29. The van der Waals surface area contributed by atoms with Crippen molar-refractivity contribution in [3.05, 3.63) is 29.8 Å². The van der Waals surface area contributed by atoms with E-state index in [1.54, 1.807) is 0 Å². The first-order chi connectivity index (χ1) is 13.8. The Hall–Kier alpha value is -1.52. The van der Waals surface area contributed by atoms with Crippen LogP contribution in [-0.4, -0.2) is 63.7 Å². The van der Waals surface area contributed by atoms with E-state index in [2.05, 4.69) is 10.0 Å². The second-order valence-corrected chi connectivity index (χ2v) is 9.67. The number of nitrogens with one attached hydrogen (secondary N) is 2. The van der Waals surface area contributed by atoms with Crippen LogP contribution in [0.1, 0.15) is 43.6 Å². The van der Waals surface area contributed by atoms with Crippen LogP contribution in [0.15, 0.2) is 24.3 Å². The molecule has 1 saturated carbocycles. The highest BCUT2D eigenvalue weighted by atomic mass is 32.2. The van der Waals surface area contributed by atoms with Crippen molar-refractivity contribution in [3.8, 4) is 5.75 Å². The molecule has 0 aromatic heterocycles. The number of hydrogen-bond donors (Lipinski definition) is 3. The number of carbonyl (C=O) groups excluding carboxylic acids is 1. The van der Waals surface area contributed by atoms with Gasteiger partial charge in [-0.15, -0.1) is 0 Å². The molecule has 1 aromatic carbocycles. The van der Waals surface area contributed by atoms with E-state index >= 15 is 0 Å². The molecule has 2 aliphatic rings. The Bertz CT molecular complexity index is 792. The normalized spacial score (nSPS) is 30.2. The first-order valence-corrected chi connectivity index (χ1v) is 11.9. The summed E-state index contributed by atoms with van der Waals surface area (Å²) in [6, 6.07) is 7.29. The van der Waals surface area contributed by atoms with E-state index in [0.29, 0.717) is 31.6 Å². The maximum atomic E-state index is 11.5. The van der Waals surface area contributed by atoms with Gasteiger partial charge in [-0.25, -0.2) is 13.1 Å². The Morgan fingerprint density at radius 3 is 2.69 bits per heavy atom. The number of para-hydroxylation sites is 1. The van der Waals surface area contributed by atoms with E-state index in [9.17, 15) is 18.3 Å². The summed E-state index contributed by atoms with van der Waals surface area (Å²) in [6.07, 6.45) is 5.01. The minimum absolute atomic E-state index is 0.0217. The van der Waals surface area contributed by atoms with Crippen LogP contribution in [0.4, 0.5) is 0 Å². The van der Waals surface area contributed by atoms with Gasteiger partial charge in [0.05, 0.1) is 12.9 Å². The first-order valence-electron chi connectivity index (χ1n) is 10.0. The average molecular weight is 427 g/mol. The molecule has 2 atom stereocenters. The van der Waals surface area contributed by atoms with Gasteiger partial charge >= 0.3 is 0 Å². The Morgan fingerprint density at radius 2 is 2.00 bits per heavy atom. The third-order valence-corrected chi connectivity index (χ3v) is 6.41. The van der Waals surface area contributed by atoms with Crippen molar-refractivity contribution in [2.45, 2.75) is 55.9 Å². The molecule has 0 spiro atoms. The maximum Gasteiger partial charge on any atom is 0.209 e. The molecule has 0 bridgehead atoms. The van der Waals surface area contributed by atoms with Crippen LogP contribution in [0.2, 0.25) is 0 Å². The van der Waals surface area contributed by atoms with Gasteiger partial charge in [-0.3, -0.25) is 4.79 Å². The Kier molecular flexibility index (Phi) is 7.28. The van der Waals surface area contributed by atoms with Gasteiger partial charge in [-0.2, -0.15) is 0 Å². The largest absolute Gasteiger partial charge is 0.486 e. The molecule has 29 heavy (non-hydrogen) atoms. The standard InChI is InChI=1S/C20H30N2O6S/c1-29(25,26)22-17-8-11-21-18(17)14-28-20(24)9-6-15(7-10-20)16-4-2-3-5-19(16)27-13-12-23/h2-5,12,15,17-18,21-22,24H,6-11,13-14H2,1H3. The van der Waals surface area contributed by atoms with E-state index in [-0.39, 0.29) is 31.2 Å². The average Bonchev–Trinajstić information content (AvgIpc) is 3.11. The third-order valence-electron chi connectivity index (χ3n) is 5.68. The lowest BCUT2D eigenvalue weighted by Gasteiger charge is -2.37. The highest BCUT2D eigenvalue weighted by Crippen LogP contribution is 2.41. The van der Waals surface area contributed by atoms with Gasteiger partial charge in [0.15, 0.2) is 12.1 Å². The lowest BCUT2D eigenvalue weighted by atomic mass is 9.80. The van der Waals surface area contributed by atoms with Crippen molar-refractivity contribution in [3.63, 3.8) is 0 Å².